The van der Waals surface area contributed by atoms with Gasteiger partial charge in [0.05, 0.1) is 0 Å². The maximum absolute atomic E-state index is 5.44. The minimum absolute atomic E-state index is 0.531. The van der Waals surface area contributed by atoms with Crippen LogP contribution in [0.25, 0.3) is 0 Å². The first kappa shape index (κ1) is 13.4. The van der Waals surface area contributed by atoms with Crippen molar-refractivity contribution in [1.82, 2.24) is 9.97 Å². The number of hydrogen-bond donors (Lipinski definition) is 3. The zero-order valence-electron chi connectivity index (χ0n) is 10.9. The van der Waals surface area contributed by atoms with Crippen molar-refractivity contribution in [2.75, 3.05) is 23.5 Å². The van der Waals surface area contributed by atoms with Gasteiger partial charge >= 0.3 is 0 Å². The van der Waals surface area contributed by atoms with Crippen LogP contribution < -0.4 is 16.6 Å². The molecular weight excluding hydrogens is 246 g/mol. The Morgan fingerprint density at radius 1 is 1.44 bits per heavy atom. The fourth-order valence-electron chi connectivity index (χ4n) is 1.68. The van der Waals surface area contributed by atoms with Crippen LogP contribution >= 0.6 is 11.8 Å². The number of nitrogen functional groups attached to an aromatic ring is 1. The van der Waals surface area contributed by atoms with Gasteiger partial charge in [0.15, 0.2) is 0 Å². The fraction of sp³-hybridized carbons (Fsp3) is 0.667. The first-order chi connectivity index (χ1) is 8.72. The summed E-state index contributed by atoms with van der Waals surface area (Å²) < 4.78 is 0. The number of nitrogens with one attached hydrogen (secondary N) is 2. The number of anilines is 2. The normalized spacial score (nSPS) is 16.4. The first-order valence-corrected chi connectivity index (χ1v) is 7.64. The SMILES string of the molecule is CSC(C)CCNc1cc(NN)nc(C2CC2)n1. The van der Waals surface area contributed by atoms with E-state index in [1.54, 1.807) is 0 Å². The number of nitrogens with two attached hydrogens (primary N) is 1. The van der Waals surface area contributed by atoms with E-state index in [4.69, 9.17) is 5.84 Å². The van der Waals surface area contributed by atoms with Gasteiger partial charge in [0.25, 0.3) is 0 Å². The summed E-state index contributed by atoms with van der Waals surface area (Å²) in [7, 11) is 0. The van der Waals surface area contributed by atoms with Gasteiger partial charge in [-0.2, -0.15) is 11.8 Å². The Balaban J connectivity index is 1.96. The molecule has 18 heavy (non-hydrogen) atoms. The van der Waals surface area contributed by atoms with Crippen LogP contribution in [0.1, 0.15) is 37.9 Å². The topological polar surface area (TPSA) is 75.9 Å². The van der Waals surface area contributed by atoms with Gasteiger partial charge in [-0.1, -0.05) is 6.92 Å². The van der Waals surface area contributed by atoms with Gasteiger partial charge < -0.3 is 10.7 Å². The zero-order chi connectivity index (χ0) is 13.0. The number of nitrogens with zero attached hydrogens (tertiary/aromatic N) is 2. The molecule has 2 rings (SSSR count). The van der Waals surface area contributed by atoms with Gasteiger partial charge in [-0.15, -0.1) is 0 Å². The molecule has 4 N–H and O–H groups in total. The lowest BCUT2D eigenvalue weighted by Crippen LogP contribution is -2.13. The van der Waals surface area contributed by atoms with Gasteiger partial charge in [-0.25, -0.2) is 15.8 Å². The molecule has 0 amide bonds. The van der Waals surface area contributed by atoms with E-state index in [0.29, 0.717) is 17.0 Å². The second-order valence-corrected chi connectivity index (χ2v) is 5.95. The molecule has 0 aliphatic heterocycles. The van der Waals surface area contributed by atoms with E-state index in [9.17, 15) is 0 Å². The summed E-state index contributed by atoms with van der Waals surface area (Å²) in [6.07, 6.45) is 5.64. The van der Waals surface area contributed by atoms with Crippen LogP contribution in [0.15, 0.2) is 6.07 Å². The highest BCUT2D eigenvalue weighted by atomic mass is 32.2. The van der Waals surface area contributed by atoms with Crippen LogP contribution in [0.4, 0.5) is 11.6 Å². The van der Waals surface area contributed by atoms with Gasteiger partial charge in [0.1, 0.15) is 17.5 Å². The molecule has 1 aliphatic carbocycles. The van der Waals surface area contributed by atoms with E-state index in [1.807, 2.05) is 17.8 Å². The molecule has 0 radical (unpaired) electrons. The summed E-state index contributed by atoms with van der Waals surface area (Å²) in [6.45, 7) is 3.15. The number of hydrogen-bond acceptors (Lipinski definition) is 6. The molecule has 1 atom stereocenters. The van der Waals surface area contributed by atoms with Crippen LogP contribution in [0, 0.1) is 0 Å². The monoisotopic (exact) mass is 267 g/mol. The average molecular weight is 267 g/mol. The Hall–Kier alpha value is -1.01. The largest absolute Gasteiger partial charge is 0.370 e. The molecule has 6 heteroatoms. The lowest BCUT2D eigenvalue weighted by molar-refractivity contribution is 0.843. The molecule has 0 aromatic carbocycles. The highest BCUT2D eigenvalue weighted by Crippen LogP contribution is 2.38. The lowest BCUT2D eigenvalue weighted by Gasteiger charge is -2.11. The molecule has 1 aromatic rings. The van der Waals surface area contributed by atoms with Gasteiger partial charge in [0, 0.05) is 23.8 Å². The predicted octanol–water partition coefficient (Wildman–Crippen LogP) is 2.19. The number of aromatic nitrogens is 2. The molecule has 1 aromatic heterocycles. The maximum Gasteiger partial charge on any atom is 0.145 e. The van der Waals surface area contributed by atoms with Crippen molar-refractivity contribution in [3.8, 4) is 0 Å². The number of hydrazine groups is 1. The van der Waals surface area contributed by atoms with E-state index >= 15 is 0 Å². The van der Waals surface area contributed by atoms with E-state index in [0.717, 1.165) is 24.6 Å². The zero-order valence-corrected chi connectivity index (χ0v) is 11.8. The molecule has 0 saturated heterocycles. The van der Waals surface area contributed by atoms with Crippen molar-refractivity contribution in [2.45, 2.75) is 37.4 Å². The van der Waals surface area contributed by atoms with Crippen molar-refractivity contribution < 1.29 is 0 Å². The average Bonchev–Trinajstić information content (AvgIpc) is 3.22. The summed E-state index contributed by atoms with van der Waals surface area (Å²) in [5.41, 5.74) is 2.61. The summed E-state index contributed by atoms with van der Waals surface area (Å²) in [5, 5.41) is 4.01. The predicted molar refractivity (Wildman–Crippen MR) is 77.9 cm³/mol. The van der Waals surface area contributed by atoms with Crippen LogP contribution in [0.5, 0.6) is 0 Å². The van der Waals surface area contributed by atoms with Crippen LogP contribution in [-0.4, -0.2) is 28.0 Å². The second-order valence-electron chi connectivity index (χ2n) is 4.68. The molecular formula is C12H21N5S. The Morgan fingerprint density at radius 2 is 2.17 bits per heavy atom. The van der Waals surface area contributed by atoms with E-state index in [2.05, 4.69) is 33.9 Å². The summed E-state index contributed by atoms with van der Waals surface area (Å²) in [5.74, 6) is 8.43. The summed E-state index contributed by atoms with van der Waals surface area (Å²) in [6, 6.07) is 1.86. The standard InChI is InChI=1S/C12H21N5S/c1-8(18-2)5-6-14-10-7-11(17-13)16-12(15-10)9-3-4-9/h7-9H,3-6,13H2,1-2H3,(H2,14,15,16,17). The van der Waals surface area contributed by atoms with Crippen molar-refractivity contribution in [3.05, 3.63) is 11.9 Å². The van der Waals surface area contributed by atoms with Gasteiger partial charge in [-0.3, -0.25) is 0 Å². The van der Waals surface area contributed by atoms with E-state index in [1.165, 1.54) is 12.8 Å². The Bertz CT molecular complexity index is 394. The molecule has 0 bridgehead atoms. The highest BCUT2D eigenvalue weighted by molar-refractivity contribution is 7.99. The van der Waals surface area contributed by atoms with E-state index in [-0.39, 0.29) is 0 Å². The molecule has 5 nitrogen and oxygen atoms in total. The molecule has 0 spiro atoms. The number of thioether (sulfide) groups is 1. The molecule has 100 valence electrons. The Kier molecular flexibility index (Phi) is 4.66. The molecule has 1 saturated carbocycles. The summed E-state index contributed by atoms with van der Waals surface area (Å²) in [4.78, 5) is 8.92. The molecule has 1 aliphatic rings. The molecule has 1 heterocycles. The van der Waals surface area contributed by atoms with Crippen molar-refractivity contribution in [3.63, 3.8) is 0 Å². The van der Waals surface area contributed by atoms with Gasteiger partial charge in [-0.05, 0) is 25.5 Å². The fourth-order valence-corrected chi connectivity index (χ4v) is 2.03. The Labute approximate surface area is 112 Å². The lowest BCUT2D eigenvalue weighted by atomic mass is 10.3. The van der Waals surface area contributed by atoms with Crippen molar-refractivity contribution >= 4 is 23.4 Å². The third kappa shape index (κ3) is 3.74. The maximum atomic E-state index is 5.44. The second kappa shape index (κ2) is 6.24. The Morgan fingerprint density at radius 3 is 2.78 bits per heavy atom. The minimum atomic E-state index is 0.531. The first-order valence-electron chi connectivity index (χ1n) is 6.35. The highest BCUT2D eigenvalue weighted by Gasteiger charge is 2.27. The smallest absolute Gasteiger partial charge is 0.145 e. The van der Waals surface area contributed by atoms with Gasteiger partial charge in [0.2, 0.25) is 0 Å². The van der Waals surface area contributed by atoms with Crippen LogP contribution in [-0.2, 0) is 0 Å². The van der Waals surface area contributed by atoms with Crippen LogP contribution in [0.3, 0.4) is 0 Å². The molecule has 1 fully saturated rings. The van der Waals surface area contributed by atoms with E-state index < -0.39 is 0 Å². The number of rotatable bonds is 7. The molecule has 1 unspecified atom stereocenters. The third-order valence-electron chi connectivity index (χ3n) is 3.09. The van der Waals surface area contributed by atoms with Crippen LogP contribution in [0.2, 0.25) is 0 Å². The van der Waals surface area contributed by atoms with Crippen molar-refractivity contribution in [2.24, 2.45) is 5.84 Å². The quantitative estimate of drug-likeness (QED) is 0.519. The minimum Gasteiger partial charge on any atom is -0.370 e. The third-order valence-corrected chi connectivity index (χ3v) is 4.13. The van der Waals surface area contributed by atoms with Crippen molar-refractivity contribution in [1.29, 1.82) is 0 Å². The summed E-state index contributed by atoms with van der Waals surface area (Å²) >= 11 is 1.88.